The van der Waals surface area contributed by atoms with E-state index in [4.69, 9.17) is 0 Å². The number of hydrogen-bond acceptors (Lipinski definition) is 3. The van der Waals surface area contributed by atoms with Crippen LogP contribution in [0.25, 0.3) is 0 Å². The van der Waals surface area contributed by atoms with Gasteiger partial charge in [0.05, 0.1) is 5.01 Å². The van der Waals surface area contributed by atoms with Gasteiger partial charge in [-0.25, -0.2) is 4.98 Å². The second kappa shape index (κ2) is 3.87. The predicted octanol–water partition coefficient (Wildman–Crippen LogP) is 2.32. The van der Waals surface area contributed by atoms with Gasteiger partial charge in [-0.1, -0.05) is 6.42 Å². The smallest absolute Gasteiger partial charge is 0.0940 e. The number of likely N-dealkylation sites (N-methyl/N-ethyl adjacent to an activating group) is 1. The number of nitrogens with one attached hydrogen (secondary N) is 1. The molecule has 2 nitrogen and oxygen atoms in total. The van der Waals surface area contributed by atoms with E-state index >= 15 is 0 Å². The van der Waals surface area contributed by atoms with Gasteiger partial charge < -0.3 is 5.32 Å². The van der Waals surface area contributed by atoms with Crippen molar-refractivity contribution in [2.24, 2.45) is 17.8 Å². The van der Waals surface area contributed by atoms with Crippen LogP contribution in [-0.4, -0.2) is 18.1 Å². The molecule has 3 unspecified atom stereocenters. The minimum atomic E-state index is 0.673. The maximum Gasteiger partial charge on any atom is 0.0940 e. The summed E-state index contributed by atoms with van der Waals surface area (Å²) in [6.07, 6.45) is 7.47. The van der Waals surface area contributed by atoms with Crippen molar-refractivity contribution in [1.82, 2.24) is 10.3 Å². The van der Waals surface area contributed by atoms with E-state index in [9.17, 15) is 0 Å². The molecule has 0 spiro atoms. The van der Waals surface area contributed by atoms with Crippen molar-refractivity contribution in [3.05, 3.63) is 16.6 Å². The molecule has 2 aliphatic carbocycles. The van der Waals surface area contributed by atoms with Crippen molar-refractivity contribution in [3.63, 3.8) is 0 Å². The van der Waals surface area contributed by atoms with Crippen LogP contribution in [-0.2, 0) is 6.42 Å². The van der Waals surface area contributed by atoms with Gasteiger partial charge in [-0.2, -0.15) is 0 Å². The lowest BCUT2D eigenvalue weighted by atomic mass is 10.0. The van der Waals surface area contributed by atoms with Crippen LogP contribution < -0.4 is 5.32 Å². The molecule has 3 heteroatoms. The SMILES string of the molecule is CNC(Cc1nccs1)C1C2CCCC21. The molecule has 82 valence electrons. The molecule has 3 atom stereocenters. The third kappa shape index (κ3) is 1.72. The van der Waals surface area contributed by atoms with Crippen LogP contribution in [0.2, 0.25) is 0 Å². The molecule has 0 aliphatic heterocycles. The highest BCUT2D eigenvalue weighted by molar-refractivity contribution is 7.09. The van der Waals surface area contributed by atoms with Crippen LogP contribution >= 0.6 is 11.3 Å². The van der Waals surface area contributed by atoms with Crippen LogP contribution in [0.1, 0.15) is 24.3 Å². The summed E-state index contributed by atoms with van der Waals surface area (Å²) in [5.41, 5.74) is 0. The summed E-state index contributed by atoms with van der Waals surface area (Å²) in [5.74, 6) is 3.04. The third-order valence-corrected chi connectivity index (χ3v) is 4.99. The second-order valence-electron chi connectivity index (χ2n) is 4.86. The highest BCUT2D eigenvalue weighted by Gasteiger charge is 2.55. The van der Waals surface area contributed by atoms with Gasteiger partial charge in [0, 0.05) is 24.0 Å². The largest absolute Gasteiger partial charge is 0.316 e. The number of nitrogens with zero attached hydrogens (tertiary/aromatic N) is 1. The van der Waals surface area contributed by atoms with E-state index in [0.29, 0.717) is 6.04 Å². The molecule has 1 aromatic rings. The lowest BCUT2D eigenvalue weighted by Gasteiger charge is -2.16. The number of thiazole rings is 1. The number of hydrogen-bond donors (Lipinski definition) is 1. The summed E-state index contributed by atoms with van der Waals surface area (Å²) < 4.78 is 0. The molecule has 2 aliphatic rings. The van der Waals surface area contributed by atoms with Crippen LogP contribution in [0.3, 0.4) is 0 Å². The summed E-state index contributed by atoms with van der Waals surface area (Å²) in [4.78, 5) is 4.39. The fraction of sp³-hybridized carbons (Fsp3) is 0.750. The van der Waals surface area contributed by atoms with Crippen molar-refractivity contribution in [2.75, 3.05) is 7.05 Å². The lowest BCUT2D eigenvalue weighted by molar-refractivity contribution is 0.428. The van der Waals surface area contributed by atoms with Gasteiger partial charge in [0.1, 0.15) is 0 Å². The molecular weight excluding hydrogens is 204 g/mol. The molecular formula is C12H18N2S. The van der Waals surface area contributed by atoms with Gasteiger partial charge in [0.15, 0.2) is 0 Å². The van der Waals surface area contributed by atoms with Crippen LogP contribution in [0.5, 0.6) is 0 Å². The average molecular weight is 222 g/mol. The monoisotopic (exact) mass is 222 g/mol. The molecule has 1 aromatic heterocycles. The van der Waals surface area contributed by atoms with Gasteiger partial charge in [-0.3, -0.25) is 0 Å². The molecule has 2 fully saturated rings. The van der Waals surface area contributed by atoms with Gasteiger partial charge in [-0.15, -0.1) is 11.3 Å². The Kier molecular flexibility index (Phi) is 2.53. The first kappa shape index (κ1) is 9.79. The molecule has 0 bridgehead atoms. The summed E-state index contributed by atoms with van der Waals surface area (Å²) in [6.45, 7) is 0. The average Bonchev–Trinajstić information content (AvgIpc) is 2.73. The first-order valence-electron chi connectivity index (χ1n) is 5.96. The lowest BCUT2D eigenvalue weighted by Crippen LogP contribution is -2.31. The van der Waals surface area contributed by atoms with Crippen LogP contribution in [0, 0.1) is 17.8 Å². The Bertz CT molecular complexity index is 312. The number of fused-ring (bicyclic) bond motifs is 1. The van der Waals surface area contributed by atoms with Crippen LogP contribution in [0.4, 0.5) is 0 Å². The minimum Gasteiger partial charge on any atom is -0.316 e. The van der Waals surface area contributed by atoms with E-state index in [-0.39, 0.29) is 0 Å². The van der Waals surface area contributed by atoms with Crippen molar-refractivity contribution in [3.8, 4) is 0 Å². The first-order valence-corrected chi connectivity index (χ1v) is 6.83. The van der Waals surface area contributed by atoms with Crippen molar-refractivity contribution >= 4 is 11.3 Å². The Balaban J connectivity index is 1.63. The highest BCUT2D eigenvalue weighted by atomic mass is 32.1. The van der Waals surface area contributed by atoms with Gasteiger partial charge in [-0.05, 0) is 37.6 Å². The summed E-state index contributed by atoms with van der Waals surface area (Å²) in [7, 11) is 2.10. The predicted molar refractivity (Wildman–Crippen MR) is 63.0 cm³/mol. The van der Waals surface area contributed by atoms with Crippen molar-refractivity contribution in [2.45, 2.75) is 31.7 Å². The van der Waals surface area contributed by atoms with E-state index in [1.54, 1.807) is 11.3 Å². The zero-order valence-electron chi connectivity index (χ0n) is 9.15. The number of rotatable bonds is 4. The molecule has 0 saturated heterocycles. The molecule has 3 rings (SSSR count). The van der Waals surface area contributed by atoms with Crippen molar-refractivity contribution in [1.29, 1.82) is 0 Å². The zero-order valence-corrected chi connectivity index (χ0v) is 9.96. The highest BCUT2D eigenvalue weighted by Crippen LogP contribution is 2.59. The Morgan fingerprint density at radius 3 is 2.93 bits per heavy atom. The van der Waals surface area contributed by atoms with Crippen molar-refractivity contribution < 1.29 is 0 Å². The van der Waals surface area contributed by atoms with Gasteiger partial charge >= 0.3 is 0 Å². The maximum absolute atomic E-state index is 4.39. The van der Waals surface area contributed by atoms with E-state index in [1.165, 1.54) is 24.3 Å². The van der Waals surface area contributed by atoms with E-state index in [0.717, 1.165) is 24.2 Å². The van der Waals surface area contributed by atoms with Gasteiger partial charge in [0.25, 0.3) is 0 Å². The Morgan fingerprint density at radius 2 is 2.33 bits per heavy atom. The standard InChI is InChI=1S/C12H18N2S/c1-13-10(7-11-14-5-6-15-11)12-8-3-2-4-9(8)12/h5-6,8-10,12-13H,2-4,7H2,1H3. The summed E-state index contributed by atoms with van der Waals surface area (Å²) in [5, 5.41) is 6.87. The molecule has 1 heterocycles. The molecule has 2 saturated carbocycles. The quantitative estimate of drug-likeness (QED) is 0.845. The molecule has 0 aromatic carbocycles. The molecule has 0 amide bonds. The summed E-state index contributed by atoms with van der Waals surface area (Å²) >= 11 is 1.79. The van der Waals surface area contributed by atoms with Gasteiger partial charge in [0.2, 0.25) is 0 Å². The fourth-order valence-corrected chi connectivity index (χ4v) is 4.12. The zero-order chi connectivity index (χ0) is 10.3. The Labute approximate surface area is 95.1 Å². The van der Waals surface area contributed by atoms with E-state index in [1.807, 2.05) is 6.20 Å². The minimum absolute atomic E-state index is 0.673. The Hall–Kier alpha value is -0.410. The van der Waals surface area contributed by atoms with E-state index in [2.05, 4.69) is 22.7 Å². The third-order valence-electron chi connectivity index (χ3n) is 4.19. The fourth-order valence-electron chi connectivity index (χ4n) is 3.45. The maximum atomic E-state index is 4.39. The number of aromatic nitrogens is 1. The topological polar surface area (TPSA) is 24.9 Å². The first-order chi connectivity index (χ1) is 7.40. The second-order valence-corrected chi connectivity index (χ2v) is 5.84. The Morgan fingerprint density at radius 1 is 1.53 bits per heavy atom. The summed E-state index contributed by atoms with van der Waals surface area (Å²) in [6, 6.07) is 0.673. The molecule has 1 N–H and O–H groups in total. The molecule has 0 radical (unpaired) electrons. The van der Waals surface area contributed by atoms with Crippen LogP contribution in [0.15, 0.2) is 11.6 Å². The van der Waals surface area contributed by atoms with E-state index < -0.39 is 0 Å². The molecule has 15 heavy (non-hydrogen) atoms. The normalized spacial score (nSPS) is 35.1.